The fraction of sp³-hybridized carbons (Fsp3) is 0.500. The van der Waals surface area contributed by atoms with Crippen LogP contribution in [0, 0.1) is 12.8 Å². The summed E-state index contributed by atoms with van der Waals surface area (Å²) in [6, 6.07) is 7.90. The van der Waals surface area contributed by atoms with Crippen LogP contribution >= 0.6 is 0 Å². The maximum atomic E-state index is 11.8. The van der Waals surface area contributed by atoms with E-state index in [-0.39, 0.29) is 11.7 Å². The molecule has 3 rings (SSSR count). The van der Waals surface area contributed by atoms with Crippen molar-refractivity contribution in [2.24, 2.45) is 11.7 Å². The van der Waals surface area contributed by atoms with E-state index in [2.05, 4.69) is 24.0 Å². The van der Waals surface area contributed by atoms with Gasteiger partial charge >= 0.3 is 5.63 Å². The van der Waals surface area contributed by atoms with E-state index in [9.17, 15) is 4.79 Å². The summed E-state index contributed by atoms with van der Waals surface area (Å²) in [5.74, 6) is 0.544. The number of nitrogens with two attached hydrogens (primary N) is 1. The zero-order chi connectivity index (χ0) is 15.7. The van der Waals surface area contributed by atoms with E-state index >= 15 is 0 Å². The second-order valence-corrected chi connectivity index (χ2v) is 6.59. The second kappa shape index (κ2) is 6.23. The lowest BCUT2D eigenvalue weighted by molar-refractivity contribution is 0.154. The molecular weight excluding hydrogens is 276 g/mol. The van der Waals surface area contributed by atoms with Gasteiger partial charge in [0.1, 0.15) is 5.58 Å². The number of rotatable bonds is 3. The Balaban J connectivity index is 1.88. The number of piperidine rings is 1. The molecule has 1 fully saturated rings. The molecule has 118 valence electrons. The highest BCUT2D eigenvalue weighted by atomic mass is 16.4. The van der Waals surface area contributed by atoms with Gasteiger partial charge in [0, 0.05) is 30.6 Å². The highest BCUT2D eigenvalue weighted by molar-refractivity contribution is 5.80. The predicted octanol–water partition coefficient (Wildman–Crippen LogP) is 2.66. The molecule has 2 atom stereocenters. The van der Waals surface area contributed by atoms with Crippen LogP contribution in [0.15, 0.2) is 33.5 Å². The van der Waals surface area contributed by atoms with Crippen molar-refractivity contribution in [1.29, 1.82) is 0 Å². The van der Waals surface area contributed by atoms with Gasteiger partial charge in [-0.25, -0.2) is 4.79 Å². The topological polar surface area (TPSA) is 59.5 Å². The maximum absolute atomic E-state index is 11.8. The number of fused-ring (bicyclic) bond motifs is 1. The molecule has 0 bridgehead atoms. The summed E-state index contributed by atoms with van der Waals surface area (Å²) in [5.41, 5.74) is 8.63. The molecule has 1 saturated heterocycles. The Morgan fingerprint density at radius 3 is 3.00 bits per heavy atom. The lowest BCUT2D eigenvalue weighted by Crippen LogP contribution is -2.42. The molecule has 1 aromatic heterocycles. The van der Waals surface area contributed by atoms with Crippen LogP contribution in [0.1, 0.15) is 30.9 Å². The molecule has 1 aromatic carbocycles. The molecule has 2 unspecified atom stereocenters. The third kappa shape index (κ3) is 3.23. The van der Waals surface area contributed by atoms with Crippen molar-refractivity contribution >= 4 is 11.0 Å². The molecule has 22 heavy (non-hydrogen) atoms. The third-order valence-electron chi connectivity index (χ3n) is 4.67. The average Bonchev–Trinajstić information content (AvgIpc) is 2.46. The number of aryl methyl sites for hydroxylation is 1. The van der Waals surface area contributed by atoms with E-state index in [0.717, 1.165) is 36.1 Å². The predicted molar refractivity (Wildman–Crippen MR) is 88.9 cm³/mol. The van der Waals surface area contributed by atoms with Gasteiger partial charge in [-0.05, 0) is 56.3 Å². The van der Waals surface area contributed by atoms with E-state index in [1.54, 1.807) is 6.07 Å². The second-order valence-electron chi connectivity index (χ2n) is 6.59. The smallest absolute Gasteiger partial charge is 0.336 e. The minimum atomic E-state index is -0.270. The summed E-state index contributed by atoms with van der Waals surface area (Å²) in [4.78, 5) is 14.2. The lowest BCUT2D eigenvalue weighted by Gasteiger charge is -2.34. The van der Waals surface area contributed by atoms with E-state index in [0.29, 0.717) is 11.5 Å². The van der Waals surface area contributed by atoms with Gasteiger partial charge in [0.25, 0.3) is 0 Å². The zero-order valence-corrected chi connectivity index (χ0v) is 13.3. The van der Waals surface area contributed by atoms with Crippen molar-refractivity contribution < 1.29 is 4.42 Å². The Hall–Kier alpha value is -1.65. The van der Waals surface area contributed by atoms with Gasteiger partial charge in [-0.2, -0.15) is 0 Å². The fourth-order valence-corrected chi connectivity index (χ4v) is 3.37. The summed E-state index contributed by atoms with van der Waals surface area (Å²) in [6.07, 6.45) is 2.37. The molecule has 2 aromatic rings. The summed E-state index contributed by atoms with van der Waals surface area (Å²) in [5, 5.41) is 1.04. The van der Waals surface area contributed by atoms with Crippen LogP contribution in [0.4, 0.5) is 0 Å². The highest BCUT2D eigenvalue weighted by Crippen LogP contribution is 2.24. The summed E-state index contributed by atoms with van der Waals surface area (Å²) in [6.45, 7) is 6.95. The summed E-state index contributed by atoms with van der Waals surface area (Å²) < 4.78 is 5.34. The van der Waals surface area contributed by atoms with Gasteiger partial charge in [0.15, 0.2) is 0 Å². The van der Waals surface area contributed by atoms with Crippen LogP contribution in [0.5, 0.6) is 0 Å². The van der Waals surface area contributed by atoms with Gasteiger partial charge in [-0.1, -0.05) is 12.1 Å². The molecule has 0 saturated carbocycles. The molecule has 4 nitrogen and oxygen atoms in total. The number of likely N-dealkylation sites (tertiary alicyclic amines) is 1. The standard InChI is InChI=1S/C18H24N2O2/c1-12-5-6-16-15(9-18(21)22-17(16)8-12)11-20-7-3-4-14(10-20)13(2)19/h5-6,8-9,13-14H,3-4,7,10-11,19H2,1-2H3. The van der Waals surface area contributed by atoms with Crippen LogP contribution in [0.3, 0.4) is 0 Å². The first-order valence-corrected chi connectivity index (χ1v) is 8.04. The number of hydrogen-bond donors (Lipinski definition) is 1. The van der Waals surface area contributed by atoms with Crippen molar-refractivity contribution in [1.82, 2.24) is 4.90 Å². The van der Waals surface area contributed by atoms with Crippen molar-refractivity contribution in [3.05, 3.63) is 45.8 Å². The first-order valence-electron chi connectivity index (χ1n) is 8.04. The van der Waals surface area contributed by atoms with Gasteiger partial charge in [-0.15, -0.1) is 0 Å². The fourth-order valence-electron chi connectivity index (χ4n) is 3.37. The van der Waals surface area contributed by atoms with Crippen molar-refractivity contribution in [2.45, 2.75) is 39.3 Å². The van der Waals surface area contributed by atoms with Gasteiger partial charge in [0.05, 0.1) is 0 Å². The Bertz CT molecular complexity index is 721. The Morgan fingerprint density at radius 1 is 1.41 bits per heavy atom. The van der Waals surface area contributed by atoms with Gasteiger partial charge in [0.2, 0.25) is 0 Å². The molecule has 0 spiro atoms. The normalized spacial score (nSPS) is 21.1. The van der Waals surface area contributed by atoms with E-state index in [4.69, 9.17) is 10.2 Å². The highest BCUT2D eigenvalue weighted by Gasteiger charge is 2.23. The monoisotopic (exact) mass is 300 g/mol. The lowest BCUT2D eigenvalue weighted by atomic mass is 9.92. The average molecular weight is 300 g/mol. The molecule has 4 heteroatoms. The molecule has 0 amide bonds. The first-order chi connectivity index (χ1) is 10.5. The molecule has 2 heterocycles. The van der Waals surface area contributed by atoms with Crippen LogP contribution in [-0.4, -0.2) is 24.0 Å². The minimum absolute atomic E-state index is 0.225. The Kier molecular flexibility index (Phi) is 4.32. The zero-order valence-electron chi connectivity index (χ0n) is 13.3. The third-order valence-corrected chi connectivity index (χ3v) is 4.67. The number of benzene rings is 1. The molecule has 2 N–H and O–H groups in total. The summed E-state index contributed by atoms with van der Waals surface area (Å²) >= 11 is 0. The van der Waals surface area contributed by atoms with E-state index in [1.165, 1.54) is 12.8 Å². The molecular formula is C18H24N2O2. The maximum Gasteiger partial charge on any atom is 0.336 e. The van der Waals surface area contributed by atoms with Gasteiger partial charge in [-0.3, -0.25) is 4.90 Å². The van der Waals surface area contributed by atoms with Crippen LogP contribution in [-0.2, 0) is 6.54 Å². The quantitative estimate of drug-likeness (QED) is 0.885. The number of hydrogen-bond acceptors (Lipinski definition) is 4. The Labute approximate surface area is 130 Å². The van der Waals surface area contributed by atoms with Crippen molar-refractivity contribution in [2.75, 3.05) is 13.1 Å². The van der Waals surface area contributed by atoms with E-state index in [1.807, 2.05) is 13.0 Å². The van der Waals surface area contributed by atoms with Gasteiger partial charge < -0.3 is 10.2 Å². The minimum Gasteiger partial charge on any atom is -0.423 e. The molecule has 1 aliphatic heterocycles. The van der Waals surface area contributed by atoms with Crippen molar-refractivity contribution in [3.8, 4) is 0 Å². The SMILES string of the molecule is Cc1ccc2c(CN3CCCC(C(C)N)C3)cc(=O)oc2c1. The summed E-state index contributed by atoms with van der Waals surface area (Å²) in [7, 11) is 0. The Morgan fingerprint density at radius 2 is 2.23 bits per heavy atom. The largest absolute Gasteiger partial charge is 0.423 e. The van der Waals surface area contributed by atoms with Crippen LogP contribution in [0.25, 0.3) is 11.0 Å². The van der Waals surface area contributed by atoms with Crippen LogP contribution in [0.2, 0.25) is 0 Å². The van der Waals surface area contributed by atoms with Crippen LogP contribution < -0.4 is 11.4 Å². The van der Waals surface area contributed by atoms with Crippen molar-refractivity contribution in [3.63, 3.8) is 0 Å². The molecule has 1 aliphatic rings. The first kappa shape index (κ1) is 15.3. The number of nitrogens with zero attached hydrogens (tertiary/aromatic N) is 1. The molecule has 0 radical (unpaired) electrons. The van der Waals surface area contributed by atoms with E-state index < -0.39 is 0 Å². The molecule has 0 aliphatic carbocycles.